The summed E-state index contributed by atoms with van der Waals surface area (Å²) in [5.74, 6) is -0.535. The van der Waals surface area contributed by atoms with E-state index in [0.717, 1.165) is 25.3 Å². The van der Waals surface area contributed by atoms with E-state index in [-0.39, 0.29) is 23.8 Å². The molecule has 0 radical (unpaired) electrons. The lowest BCUT2D eigenvalue weighted by Crippen LogP contribution is -2.39. The molecule has 170 valence electrons. The fraction of sp³-hybridized carbons (Fsp3) is 0.400. The Morgan fingerprint density at radius 1 is 0.938 bits per heavy atom. The van der Waals surface area contributed by atoms with Gasteiger partial charge in [-0.2, -0.15) is 0 Å². The average molecular weight is 437 g/mol. The maximum atomic E-state index is 12.6. The number of carbonyl (C=O) groups is 3. The van der Waals surface area contributed by atoms with Crippen LogP contribution < -0.4 is 10.6 Å². The quantitative estimate of drug-likeness (QED) is 0.529. The first-order valence-electron chi connectivity index (χ1n) is 11.3. The third-order valence-corrected chi connectivity index (χ3v) is 5.91. The predicted octanol–water partition coefficient (Wildman–Crippen LogP) is 3.24. The van der Waals surface area contributed by atoms with Crippen LogP contribution in [-0.4, -0.2) is 66.3 Å². The Bertz CT molecular complexity index is 919. The Morgan fingerprint density at radius 2 is 1.53 bits per heavy atom. The van der Waals surface area contributed by atoms with Crippen molar-refractivity contribution in [2.24, 2.45) is 0 Å². The molecule has 1 aliphatic heterocycles. The second kappa shape index (κ2) is 10.9. The van der Waals surface area contributed by atoms with Crippen molar-refractivity contribution in [1.82, 2.24) is 15.1 Å². The van der Waals surface area contributed by atoms with E-state index in [2.05, 4.69) is 29.4 Å². The summed E-state index contributed by atoms with van der Waals surface area (Å²) < 4.78 is 0. The van der Waals surface area contributed by atoms with Crippen LogP contribution in [0.25, 0.3) is 0 Å². The minimum atomic E-state index is -0.227. The van der Waals surface area contributed by atoms with Crippen LogP contribution in [0.5, 0.6) is 0 Å². The maximum Gasteiger partial charge on any atom is 0.261 e. The van der Waals surface area contributed by atoms with Crippen molar-refractivity contribution in [3.63, 3.8) is 0 Å². The lowest BCUT2D eigenvalue weighted by Gasteiger charge is -2.22. The van der Waals surface area contributed by atoms with E-state index in [4.69, 9.17) is 0 Å². The maximum absolute atomic E-state index is 12.6. The van der Waals surface area contributed by atoms with Crippen molar-refractivity contribution in [2.45, 2.75) is 33.2 Å². The average Bonchev–Trinajstić information content (AvgIpc) is 3.07. The molecule has 1 atom stereocenters. The van der Waals surface area contributed by atoms with Gasteiger partial charge in [0.15, 0.2) is 0 Å². The van der Waals surface area contributed by atoms with Crippen LogP contribution in [0, 0.1) is 0 Å². The number of benzene rings is 2. The molecule has 0 spiro atoms. The van der Waals surface area contributed by atoms with E-state index in [9.17, 15) is 14.4 Å². The zero-order valence-electron chi connectivity index (χ0n) is 19.1. The van der Waals surface area contributed by atoms with Gasteiger partial charge in [-0.1, -0.05) is 26.0 Å². The van der Waals surface area contributed by atoms with Crippen LogP contribution in [0.2, 0.25) is 0 Å². The monoisotopic (exact) mass is 436 g/mol. The second-order valence-electron chi connectivity index (χ2n) is 7.95. The standard InChI is InChI=1S/C25H32N4O3/c1-4-28(5-2)17-16-27-23(30)19-10-12-20(13-11-19)26-15-14-18(3)29-24(31)21-8-6-7-9-22(21)25(29)32/h6-13,18,26H,4-5,14-17H2,1-3H3,(H,27,30). The lowest BCUT2D eigenvalue weighted by molar-refractivity contribution is 0.0592. The first-order valence-corrected chi connectivity index (χ1v) is 11.3. The molecular weight excluding hydrogens is 404 g/mol. The summed E-state index contributed by atoms with van der Waals surface area (Å²) in [6.07, 6.45) is 0.624. The molecule has 3 rings (SSSR count). The number of fused-ring (bicyclic) bond motifs is 1. The van der Waals surface area contributed by atoms with Crippen molar-refractivity contribution >= 4 is 23.4 Å². The smallest absolute Gasteiger partial charge is 0.261 e. The largest absolute Gasteiger partial charge is 0.385 e. The van der Waals surface area contributed by atoms with Crippen LogP contribution >= 0.6 is 0 Å². The Balaban J connectivity index is 1.45. The highest BCUT2D eigenvalue weighted by Crippen LogP contribution is 2.25. The third kappa shape index (κ3) is 5.34. The molecule has 0 bridgehead atoms. The van der Waals surface area contributed by atoms with Crippen molar-refractivity contribution < 1.29 is 14.4 Å². The molecule has 7 heteroatoms. The number of hydrogen-bond acceptors (Lipinski definition) is 5. The molecule has 2 aromatic rings. The molecule has 0 fully saturated rings. The first-order chi connectivity index (χ1) is 15.5. The van der Waals surface area contributed by atoms with E-state index < -0.39 is 0 Å². The van der Waals surface area contributed by atoms with Gasteiger partial charge in [-0.3, -0.25) is 19.3 Å². The molecule has 0 saturated heterocycles. The molecule has 1 aliphatic rings. The summed E-state index contributed by atoms with van der Waals surface area (Å²) in [5, 5.41) is 6.25. The zero-order valence-corrected chi connectivity index (χ0v) is 19.1. The van der Waals surface area contributed by atoms with Crippen molar-refractivity contribution in [2.75, 3.05) is 38.0 Å². The summed E-state index contributed by atoms with van der Waals surface area (Å²) >= 11 is 0. The number of nitrogens with one attached hydrogen (secondary N) is 2. The minimum absolute atomic E-state index is 0.0806. The van der Waals surface area contributed by atoms with E-state index in [1.165, 1.54) is 4.90 Å². The number of anilines is 1. The van der Waals surface area contributed by atoms with Gasteiger partial charge in [0.2, 0.25) is 0 Å². The molecule has 0 aromatic heterocycles. The molecule has 0 saturated carbocycles. The molecule has 7 nitrogen and oxygen atoms in total. The normalized spacial score (nSPS) is 13.9. The minimum Gasteiger partial charge on any atom is -0.385 e. The summed E-state index contributed by atoms with van der Waals surface area (Å²) in [6.45, 7) is 10.1. The zero-order chi connectivity index (χ0) is 23.1. The number of carbonyl (C=O) groups excluding carboxylic acids is 3. The van der Waals surface area contributed by atoms with Gasteiger partial charge in [-0.15, -0.1) is 0 Å². The van der Waals surface area contributed by atoms with E-state index >= 15 is 0 Å². The summed E-state index contributed by atoms with van der Waals surface area (Å²) in [7, 11) is 0. The van der Waals surface area contributed by atoms with Crippen LogP contribution in [-0.2, 0) is 0 Å². The van der Waals surface area contributed by atoms with Crippen LogP contribution in [0.3, 0.4) is 0 Å². The molecule has 0 aliphatic carbocycles. The molecule has 32 heavy (non-hydrogen) atoms. The second-order valence-corrected chi connectivity index (χ2v) is 7.95. The molecule has 2 aromatic carbocycles. The van der Waals surface area contributed by atoms with Crippen LogP contribution in [0.15, 0.2) is 48.5 Å². The van der Waals surface area contributed by atoms with Crippen LogP contribution in [0.1, 0.15) is 58.3 Å². The molecule has 1 heterocycles. The lowest BCUT2D eigenvalue weighted by atomic mass is 10.1. The number of hydrogen-bond donors (Lipinski definition) is 2. The molecule has 3 amide bonds. The van der Waals surface area contributed by atoms with Gasteiger partial charge < -0.3 is 15.5 Å². The SMILES string of the molecule is CCN(CC)CCNC(=O)c1ccc(NCCC(C)N2C(=O)c3ccccc3C2=O)cc1. The van der Waals surface area contributed by atoms with Gasteiger partial charge in [-0.25, -0.2) is 0 Å². The molecular formula is C25H32N4O3. The molecule has 2 N–H and O–H groups in total. The van der Waals surface area contributed by atoms with E-state index in [1.807, 2.05) is 19.1 Å². The number of imide groups is 1. The summed E-state index contributed by atoms with van der Waals surface area (Å²) in [6, 6.07) is 14.0. The topological polar surface area (TPSA) is 81.8 Å². The fourth-order valence-corrected chi connectivity index (χ4v) is 3.87. The Labute approximate surface area is 189 Å². The number of nitrogens with zero attached hydrogens (tertiary/aromatic N) is 2. The first kappa shape index (κ1) is 23.5. The highest BCUT2D eigenvalue weighted by molar-refractivity contribution is 6.21. The Morgan fingerprint density at radius 3 is 2.09 bits per heavy atom. The predicted molar refractivity (Wildman–Crippen MR) is 126 cm³/mol. The van der Waals surface area contributed by atoms with Gasteiger partial charge in [-0.05, 0) is 62.8 Å². The number of rotatable bonds is 11. The number of amides is 3. The van der Waals surface area contributed by atoms with Gasteiger partial charge in [0.1, 0.15) is 0 Å². The van der Waals surface area contributed by atoms with E-state index in [1.54, 1.807) is 36.4 Å². The van der Waals surface area contributed by atoms with Crippen molar-refractivity contribution in [3.05, 3.63) is 65.2 Å². The third-order valence-electron chi connectivity index (χ3n) is 5.91. The van der Waals surface area contributed by atoms with Gasteiger partial charge in [0, 0.05) is 36.9 Å². The number of likely N-dealkylation sites (N-methyl/N-ethyl adjacent to an activating group) is 1. The van der Waals surface area contributed by atoms with E-state index in [0.29, 0.717) is 36.2 Å². The highest BCUT2D eigenvalue weighted by atomic mass is 16.2. The van der Waals surface area contributed by atoms with Gasteiger partial charge >= 0.3 is 0 Å². The Kier molecular flexibility index (Phi) is 8.00. The van der Waals surface area contributed by atoms with Gasteiger partial charge in [0.05, 0.1) is 11.1 Å². The van der Waals surface area contributed by atoms with Gasteiger partial charge in [0.25, 0.3) is 17.7 Å². The summed E-state index contributed by atoms with van der Waals surface area (Å²) in [5.41, 5.74) is 2.46. The van der Waals surface area contributed by atoms with Crippen LogP contribution in [0.4, 0.5) is 5.69 Å². The Hall–Kier alpha value is -3.19. The van der Waals surface area contributed by atoms with Crippen molar-refractivity contribution in [1.29, 1.82) is 0 Å². The summed E-state index contributed by atoms with van der Waals surface area (Å²) in [4.78, 5) is 41.1. The fourth-order valence-electron chi connectivity index (χ4n) is 3.87. The highest BCUT2D eigenvalue weighted by Gasteiger charge is 2.37. The van der Waals surface area contributed by atoms with Crippen molar-refractivity contribution in [3.8, 4) is 0 Å². The molecule has 1 unspecified atom stereocenters.